The summed E-state index contributed by atoms with van der Waals surface area (Å²) < 4.78 is 0. The van der Waals surface area contributed by atoms with Gasteiger partial charge in [-0.3, -0.25) is 9.80 Å². The minimum Gasteiger partial charge on any atom is -0.329 e. The van der Waals surface area contributed by atoms with E-state index in [9.17, 15) is 0 Å². The van der Waals surface area contributed by atoms with Crippen molar-refractivity contribution < 1.29 is 0 Å². The Kier molecular flexibility index (Phi) is 4.68. The van der Waals surface area contributed by atoms with Crippen molar-refractivity contribution in [2.75, 3.05) is 32.7 Å². The Morgan fingerprint density at radius 2 is 1.75 bits per heavy atom. The van der Waals surface area contributed by atoms with Gasteiger partial charge < -0.3 is 5.73 Å². The molecule has 3 aliphatic rings. The molecule has 2 unspecified atom stereocenters. The van der Waals surface area contributed by atoms with Gasteiger partial charge in [0.1, 0.15) is 0 Å². The first-order chi connectivity index (χ1) is 9.71. The van der Waals surface area contributed by atoms with Crippen molar-refractivity contribution in [3.8, 4) is 0 Å². The third kappa shape index (κ3) is 3.05. The Bertz CT molecular complexity index is 309. The van der Waals surface area contributed by atoms with Crippen LogP contribution in [0.1, 0.15) is 58.3 Å². The van der Waals surface area contributed by atoms with Crippen molar-refractivity contribution in [3.05, 3.63) is 0 Å². The van der Waals surface area contributed by atoms with Crippen LogP contribution in [0.4, 0.5) is 0 Å². The van der Waals surface area contributed by atoms with Crippen molar-refractivity contribution in [1.29, 1.82) is 0 Å². The smallest absolute Gasteiger partial charge is 0.0306 e. The number of rotatable bonds is 5. The lowest BCUT2D eigenvalue weighted by Gasteiger charge is -2.43. The van der Waals surface area contributed by atoms with Crippen molar-refractivity contribution in [2.45, 2.75) is 69.9 Å². The second-order valence-electron chi connectivity index (χ2n) is 7.69. The summed E-state index contributed by atoms with van der Waals surface area (Å²) in [6, 6.07) is 0.808. The van der Waals surface area contributed by atoms with Gasteiger partial charge in [0.05, 0.1) is 0 Å². The van der Waals surface area contributed by atoms with E-state index in [1.54, 1.807) is 0 Å². The highest BCUT2D eigenvalue weighted by Gasteiger charge is 2.40. The quantitative estimate of drug-likeness (QED) is 0.839. The van der Waals surface area contributed by atoms with E-state index < -0.39 is 0 Å². The van der Waals surface area contributed by atoms with Gasteiger partial charge >= 0.3 is 0 Å². The number of likely N-dealkylation sites (tertiary alicyclic amines) is 2. The molecule has 2 aliphatic heterocycles. The fraction of sp³-hybridized carbons (Fsp3) is 1.00. The van der Waals surface area contributed by atoms with Crippen LogP contribution in [0.5, 0.6) is 0 Å². The summed E-state index contributed by atoms with van der Waals surface area (Å²) in [5.41, 5.74) is 6.44. The maximum Gasteiger partial charge on any atom is 0.0306 e. The van der Waals surface area contributed by atoms with Crippen LogP contribution in [0.25, 0.3) is 0 Å². The largest absolute Gasteiger partial charge is 0.329 e. The lowest BCUT2D eigenvalue weighted by Crippen LogP contribution is -2.53. The van der Waals surface area contributed by atoms with Gasteiger partial charge in [-0.15, -0.1) is 0 Å². The Morgan fingerprint density at radius 1 is 1.00 bits per heavy atom. The van der Waals surface area contributed by atoms with E-state index in [0.29, 0.717) is 0 Å². The van der Waals surface area contributed by atoms with Crippen molar-refractivity contribution in [2.24, 2.45) is 11.7 Å². The molecule has 0 aromatic carbocycles. The van der Waals surface area contributed by atoms with Crippen LogP contribution >= 0.6 is 0 Å². The molecule has 20 heavy (non-hydrogen) atoms. The molecule has 3 nitrogen and oxygen atoms in total. The molecule has 116 valence electrons. The molecule has 2 heterocycles. The number of piperidine rings is 1. The van der Waals surface area contributed by atoms with E-state index in [4.69, 9.17) is 5.73 Å². The summed E-state index contributed by atoms with van der Waals surface area (Å²) in [6.07, 6.45) is 11.3. The Morgan fingerprint density at radius 3 is 2.35 bits per heavy atom. The molecule has 0 bridgehead atoms. The fourth-order valence-electron chi connectivity index (χ4n) is 4.47. The molecule has 2 N–H and O–H groups in total. The molecule has 0 amide bonds. The monoisotopic (exact) mass is 279 g/mol. The number of nitrogens with two attached hydrogens (primary N) is 1. The summed E-state index contributed by atoms with van der Waals surface area (Å²) >= 11 is 0. The second-order valence-corrected chi connectivity index (χ2v) is 7.69. The van der Waals surface area contributed by atoms with Gasteiger partial charge in [-0.25, -0.2) is 0 Å². The molecular weight excluding hydrogens is 246 g/mol. The summed E-state index contributed by atoms with van der Waals surface area (Å²) in [4.78, 5) is 5.48. The van der Waals surface area contributed by atoms with Crippen LogP contribution in [0.15, 0.2) is 0 Å². The fourth-order valence-corrected chi connectivity index (χ4v) is 4.47. The maximum atomic E-state index is 6.18. The number of nitrogens with zero attached hydrogens (tertiary/aromatic N) is 2. The van der Waals surface area contributed by atoms with E-state index in [2.05, 4.69) is 16.7 Å². The summed E-state index contributed by atoms with van der Waals surface area (Å²) in [5.74, 6) is 0.956. The van der Waals surface area contributed by atoms with E-state index in [1.165, 1.54) is 77.5 Å². The van der Waals surface area contributed by atoms with E-state index in [1.807, 2.05) is 0 Å². The summed E-state index contributed by atoms with van der Waals surface area (Å²) in [7, 11) is 0. The Labute approximate surface area is 124 Å². The van der Waals surface area contributed by atoms with Crippen molar-refractivity contribution >= 4 is 0 Å². The normalized spacial score (nSPS) is 33.0. The zero-order valence-electron chi connectivity index (χ0n) is 13.3. The van der Waals surface area contributed by atoms with Crippen LogP contribution in [0.2, 0.25) is 0 Å². The minimum atomic E-state index is 0.260. The average Bonchev–Trinajstić information content (AvgIpc) is 2.94. The highest BCUT2D eigenvalue weighted by Crippen LogP contribution is 2.37. The van der Waals surface area contributed by atoms with Gasteiger partial charge in [0.15, 0.2) is 0 Å². The third-order valence-corrected chi connectivity index (χ3v) is 6.23. The molecule has 0 aromatic heterocycles. The standard InChI is InChI=1S/C17H33N3/c1-17(14-18,12-15-6-5-7-15)20-11-8-16(13-20)19-9-3-2-4-10-19/h15-16H,2-14,18H2,1H3. The van der Waals surface area contributed by atoms with Crippen LogP contribution < -0.4 is 5.73 Å². The molecule has 2 saturated heterocycles. The van der Waals surface area contributed by atoms with Gasteiger partial charge in [0.2, 0.25) is 0 Å². The SMILES string of the molecule is CC(CN)(CC1CCC1)N1CCC(N2CCCCC2)C1. The molecule has 0 spiro atoms. The number of hydrogen-bond acceptors (Lipinski definition) is 3. The van der Waals surface area contributed by atoms with Crippen molar-refractivity contribution in [1.82, 2.24) is 9.80 Å². The summed E-state index contributed by atoms with van der Waals surface area (Å²) in [5, 5.41) is 0. The second kappa shape index (κ2) is 6.33. The minimum absolute atomic E-state index is 0.260. The zero-order valence-corrected chi connectivity index (χ0v) is 13.3. The molecule has 0 radical (unpaired) electrons. The van der Waals surface area contributed by atoms with Crippen LogP contribution in [0, 0.1) is 5.92 Å². The maximum absolute atomic E-state index is 6.18. The van der Waals surface area contributed by atoms with Crippen LogP contribution in [-0.4, -0.2) is 54.1 Å². The van der Waals surface area contributed by atoms with Crippen LogP contribution in [-0.2, 0) is 0 Å². The van der Waals surface area contributed by atoms with Gasteiger partial charge in [-0.2, -0.15) is 0 Å². The lowest BCUT2D eigenvalue weighted by atomic mass is 9.76. The first-order valence-electron chi connectivity index (χ1n) is 8.90. The van der Waals surface area contributed by atoms with E-state index in [-0.39, 0.29) is 5.54 Å². The Balaban J connectivity index is 1.56. The molecule has 1 aliphatic carbocycles. The lowest BCUT2D eigenvalue weighted by molar-refractivity contribution is 0.0770. The first-order valence-corrected chi connectivity index (χ1v) is 8.90. The van der Waals surface area contributed by atoms with Gasteiger partial charge in [-0.05, 0) is 51.6 Å². The van der Waals surface area contributed by atoms with Gasteiger partial charge in [0, 0.05) is 31.2 Å². The molecule has 3 heteroatoms. The highest BCUT2D eigenvalue weighted by molar-refractivity contribution is 4.97. The Hall–Kier alpha value is -0.120. The molecule has 3 fully saturated rings. The molecule has 1 saturated carbocycles. The van der Waals surface area contributed by atoms with E-state index >= 15 is 0 Å². The third-order valence-electron chi connectivity index (χ3n) is 6.23. The molecule has 0 aromatic rings. The highest BCUT2D eigenvalue weighted by atomic mass is 15.3. The predicted molar refractivity (Wildman–Crippen MR) is 84.8 cm³/mol. The molecule has 3 rings (SSSR count). The summed E-state index contributed by atoms with van der Waals surface area (Å²) in [6.45, 7) is 8.45. The first kappa shape index (κ1) is 14.8. The molecule has 2 atom stereocenters. The van der Waals surface area contributed by atoms with Gasteiger partial charge in [0.25, 0.3) is 0 Å². The zero-order chi connectivity index (χ0) is 14.0. The number of hydrogen-bond donors (Lipinski definition) is 1. The van der Waals surface area contributed by atoms with E-state index in [0.717, 1.165) is 18.5 Å². The van der Waals surface area contributed by atoms with Gasteiger partial charge in [-0.1, -0.05) is 25.7 Å². The van der Waals surface area contributed by atoms with Crippen LogP contribution in [0.3, 0.4) is 0 Å². The van der Waals surface area contributed by atoms with Crippen molar-refractivity contribution in [3.63, 3.8) is 0 Å². The predicted octanol–water partition coefficient (Wildman–Crippen LogP) is 2.45. The molecular formula is C17H33N3. The average molecular weight is 279 g/mol. The topological polar surface area (TPSA) is 32.5 Å².